The van der Waals surface area contributed by atoms with Crippen molar-refractivity contribution in [2.75, 3.05) is 11.6 Å². The molecule has 8 nitrogen and oxygen atoms in total. The van der Waals surface area contributed by atoms with Crippen molar-refractivity contribution in [2.45, 2.75) is 25.0 Å². The Hall–Kier alpha value is -1.97. The number of rotatable bonds is 5. The Kier molecular flexibility index (Phi) is 6.51. The topological polar surface area (TPSA) is 115 Å². The minimum atomic E-state index is -0.554. The first-order chi connectivity index (χ1) is 11.8. The van der Waals surface area contributed by atoms with Gasteiger partial charge in [0, 0.05) is 16.6 Å². The predicted octanol–water partition coefficient (Wildman–Crippen LogP) is 2.29. The van der Waals surface area contributed by atoms with Crippen LogP contribution in [-0.4, -0.2) is 38.6 Å². The van der Waals surface area contributed by atoms with Crippen LogP contribution in [0.4, 0.5) is 4.79 Å². The molecule has 0 saturated carbocycles. The third-order valence-electron chi connectivity index (χ3n) is 2.84. The molecule has 0 bridgehead atoms. The van der Waals surface area contributed by atoms with Crippen molar-refractivity contribution < 1.29 is 9.59 Å². The summed E-state index contributed by atoms with van der Waals surface area (Å²) in [7, 11) is 0. The van der Waals surface area contributed by atoms with E-state index in [4.69, 9.17) is 29.0 Å². The van der Waals surface area contributed by atoms with Crippen molar-refractivity contribution in [1.29, 1.82) is 0 Å². The van der Waals surface area contributed by atoms with Crippen LogP contribution in [0.1, 0.15) is 13.8 Å². The number of nitrogens with one attached hydrogen (secondary N) is 2. The van der Waals surface area contributed by atoms with Crippen LogP contribution < -0.4 is 16.5 Å². The maximum Gasteiger partial charge on any atom is 0.321 e. The van der Waals surface area contributed by atoms with Gasteiger partial charge in [0.2, 0.25) is 11.1 Å². The fourth-order valence-corrected chi connectivity index (χ4v) is 2.85. The van der Waals surface area contributed by atoms with E-state index >= 15 is 0 Å². The molecule has 0 atom stereocenters. The molecule has 1 aromatic carbocycles. The van der Waals surface area contributed by atoms with E-state index in [2.05, 4.69) is 20.8 Å². The summed E-state index contributed by atoms with van der Waals surface area (Å²) in [6.07, 6.45) is 0. The molecule has 0 saturated heterocycles. The van der Waals surface area contributed by atoms with Crippen molar-refractivity contribution in [3.63, 3.8) is 0 Å². The normalized spacial score (nSPS) is 10.8. The van der Waals surface area contributed by atoms with E-state index in [1.165, 1.54) is 4.68 Å². The summed E-state index contributed by atoms with van der Waals surface area (Å²) >= 11 is 13.1. The highest BCUT2D eigenvalue weighted by molar-refractivity contribution is 7.99. The van der Waals surface area contributed by atoms with Crippen molar-refractivity contribution in [3.8, 4) is 11.4 Å². The molecular formula is C14H16Cl2N6O2S. The maximum atomic E-state index is 11.8. The van der Waals surface area contributed by atoms with E-state index < -0.39 is 11.9 Å². The Balaban J connectivity index is 2.03. The third-order valence-corrected chi connectivity index (χ3v) is 4.35. The third kappa shape index (κ3) is 5.25. The number of carbonyl (C=O) groups is 2. The molecular weight excluding hydrogens is 387 g/mol. The molecule has 0 aliphatic heterocycles. The van der Waals surface area contributed by atoms with Gasteiger partial charge in [0.15, 0.2) is 5.82 Å². The van der Waals surface area contributed by atoms with E-state index in [0.29, 0.717) is 26.6 Å². The Labute approximate surface area is 158 Å². The summed E-state index contributed by atoms with van der Waals surface area (Å²) in [4.78, 5) is 23.2. The number of benzene rings is 1. The number of halogens is 2. The molecule has 0 spiro atoms. The lowest BCUT2D eigenvalue weighted by Crippen LogP contribution is -2.43. The van der Waals surface area contributed by atoms with Gasteiger partial charge in [-0.25, -0.2) is 9.47 Å². The zero-order valence-electron chi connectivity index (χ0n) is 13.4. The number of aromatic nitrogens is 3. The highest BCUT2D eigenvalue weighted by Gasteiger charge is 2.17. The van der Waals surface area contributed by atoms with Crippen molar-refractivity contribution >= 4 is 46.9 Å². The molecule has 1 aromatic heterocycles. The Morgan fingerprint density at radius 2 is 2.04 bits per heavy atom. The number of amides is 3. The molecule has 3 amide bonds. The molecule has 4 N–H and O–H groups in total. The minimum absolute atomic E-state index is 0.0515. The van der Waals surface area contributed by atoms with E-state index in [1.807, 2.05) is 0 Å². The monoisotopic (exact) mass is 402 g/mol. The first kappa shape index (κ1) is 19.4. The molecule has 2 aromatic rings. The first-order valence-corrected chi connectivity index (χ1v) is 8.91. The molecule has 0 aliphatic carbocycles. The first-order valence-electron chi connectivity index (χ1n) is 7.17. The highest BCUT2D eigenvalue weighted by Crippen LogP contribution is 2.30. The molecule has 1 heterocycles. The second kappa shape index (κ2) is 8.41. The predicted molar refractivity (Wildman–Crippen MR) is 98.2 cm³/mol. The van der Waals surface area contributed by atoms with Gasteiger partial charge in [0.25, 0.3) is 0 Å². The van der Waals surface area contributed by atoms with Crippen LogP contribution in [0.2, 0.25) is 10.0 Å². The quantitative estimate of drug-likeness (QED) is 0.521. The zero-order valence-corrected chi connectivity index (χ0v) is 15.7. The van der Waals surface area contributed by atoms with Gasteiger partial charge < -0.3 is 11.2 Å². The van der Waals surface area contributed by atoms with Gasteiger partial charge in [0.05, 0.1) is 10.8 Å². The molecule has 0 radical (unpaired) electrons. The summed E-state index contributed by atoms with van der Waals surface area (Å²) in [6.45, 7) is 3.58. The number of carbonyl (C=O) groups excluding carboxylic acids is 2. The second-order valence-electron chi connectivity index (χ2n) is 5.27. The molecule has 11 heteroatoms. The number of nitrogens with two attached hydrogens (primary N) is 1. The summed E-state index contributed by atoms with van der Waals surface area (Å²) in [5.74, 6) is 5.75. The van der Waals surface area contributed by atoms with Gasteiger partial charge in [-0.2, -0.15) is 0 Å². The Morgan fingerprint density at radius 3 is 2.72 bits per heavy atom. The maximum absolute atomic E-state index is 11.8. The number of urea groups is 1. The van der Waals surface area contributed by atoms with E-state index in [9.17, 15) is 9.59 Å². The standard InChI is InChI=1S/C14H16Cl2N6O2S/c1-7(2)18-13(24)19-11(23)6-25-14-21-20-12(22(14)17)9-5-8(15)3-4-10(9)16/h3-5,7H,6,17H2,1-2H3,(H2,18,19,23,24). The number of nitrogen functional groups attached to an aromatic ring is 1. The van der Waals surface area contributed by atoms with Crippen LogP contribution in [0, 0.1) is 0 Å². The van der Waals surface area contributed by atoms with Gasteiger partial charge in [0.1, 0.15) is 0 Å². The Morgan fingerprint density at radius 1 is 1.32 bits per heavy atom. The van der Waals surface area contributed by atoms with Crippen LogP contribution in [0.25, 0.3) is 11.4 Å². The van der Waals surface area contributed by atoms with E-state index in [0.717, 1.165) is 11.8 Å². The van der Waals surface area contributed by atoms with E-state index in [1.54, 1.807) is 32.0 Å². The molecule has 0 aliphatic rings. The van der Waals surface area contributed by atoms with Crippen molar-refractivity contribution in [1.82, 2.24) is 25.5 Å². The van der Waals surface area contributed by atoms with Gasteiger partial charge >= 0.3 is 6.03 Å². The van der Waals surface area contributed by atoms with Crippen LogP contribution in [-0.2, 0) is 4.79 Å². The number of imide groups is 1. The lowest BCUT2D eigenvalue weighted by atomic mass is 10.2. The zero-order chi connectivity index (χ0) is 18.6. The lowest BCUT2D eigenvalue weighted by molar-refractivity contribution is -0.117. The smallest absolute Gasteiger partial charge is 0.321 e. The molecule has 0 unspecified atom stereocenters. The van der Waals surface area contributed by atoms with Gasteiger partial charge in [-0.05, 0) is 32.0 Å². The Bertz CT molecular complexity index is 796. The van der Waals surface area contributed by atoms with Crippen molar-refractivity contribution in [2.24, 2.45) is 0 Å². The molecule has 25 heavy (non-hydrogen) atoms. The fraction of sp³-hybridized carbons (Fsp3) is 0.286. The fourth-order valence-electron chi connectivity index (χ4n) is 1.82. The summed E-state index contributed by atoms with van der Waals surface area (Å²) < 4.78 is 1.21. The molecule has 134 valence electrons. The number of hydrogen-bond acceptors (Lipinski definition) is 6. The molecule has 2 rings (SSSR count). The van der Waals surface area contributed by atoms with Crippen LogP contribution in [0.5, 0.6) is 0 Å². The van der Waals surface area contributed by atoms with E-state index in [-0.39, 0.29) is 11.8 Å². The van der Waals surface area contributed by atoms with Crippen LogP contribution >= 0.6 is 35.0 Å². The summed E-state index contributed by atoms with van der Waals surface area (Å²) in [5.41, 5.74) is 0.525. The summed E-state index contributed by atoms with van der Waals surface area (Å²) in [5, 5.41) is 13.9. The van der Waals surface area contributed by atoms with Gasteiger partial charge in [-0.15, -0.1) is 10.2 Å². The molecule has 0 fully saturated rings. The summed E-state index contributed by atoms with van der Waals surface area (Å²) in [6, 6.07) is 4.27. The average molecular weight is 403 g/mol. The largest absolute Gasteiger partial charge is 0.336 e. The van der Waals surface area contributed by atoms with Crippen molar-refractivity contribution in [3.05, 3.63) is 28.2 Å². The van der Waals surface area contributed by atoms with Crippen LogP contribution in [0.3, 0.4) is 0 Å². The van der Waals surface area contributed by atoms with Gasteiger partial charge in [-0.3, -0.25) is 10.1 Å². The van der Waals surface area contributed by atoms with Crippen LogP contribution in [0.15, 0.2) is 23.4 Å². The highest BCUT2D eigenvalue weighted by atomic mass is 35.5. The number of thioether (sulfide) groups is 1. The van der Waals surface area contributed by atoms with Gasteiger partial charge in [-0.1, -0.05) is 35.0 Å². The number of nitrogens with zero attached hydrogens (tertiary/aromatic N) is 3. The second-order valence-corrected chi connectivity index (χ2v) is 7.05. The lowest BCUT2D eigenvalue weighted by Gasteiger charge is -2.09. The average Bonchev–Trinajstić information content (AvgIpc) is 2.87. The SMILES string of the molecule is CC(C)NC(=O)NC(=O)CSc1nnc(-c2cc(Cl)ccc2Cl)n1N. The minimum Gasteiger partial charge on any atom is -0.336 e. The number of hydrogen-bond donors (Lipinski definition) is 3.